The molecule has 0 aliphatic carbocycles. The average molecular weight is 517 g/mol. The van der Waals surface area contributed by atoms with E-state index in [1.807, 2.05) is 36.7 Å². The minimum Gasteiger partial charge on any atom is -0.337 e. The van der Waals surface area contributed by atoms with E-state index in [0.717, 1.165) is 57.3 Å². The van der Waals surface area contributed by atoms with Crippen molar-refractivity contribution in [2.45, 2.75) is 25.7 Å². The van der Waals surface area contributed by atoms with Crippen LogP contribution in [-0.2, 0) is 0 Å². The standard InChI is InChI=1S/C32H29FN6/c33-27-9-3-2-7-24(27)25-8-6-10-29-30(25)36-32(35-29)31-26-18-22(11-12-28(26)37-38-31)23-17-21(13-14-34-19-23)20-39-15-4-1-5-16-39/h2-3,6-12,14,17-19H,1,4-5,13,15-16,20H2,(H,35,36)(H,37,38). The number of allylic oxidation sites excluding steroid dienone is 2. The molecular weight excluding hydrogens is 487 g/mol. The summed E-state index contributed by atoms with van der Waals surface area (Å²) in [5, 5.41) is 8.74. The van der Waals surface area contributed by atoms with Gasteiger partial charge in [0.1, 0.15) is 11.5 Å². The van der Waals surface area contributed by atoms with Gasteiger partial charge in [0.15, 0.2) is 5.82 Å². The van der Waals surface area contributed by atoms with Crippen molar-refractivity contribution in [2.24, 2.45) is 4.99 Å². The molecule has 0 spiro atoms. The minimum absolute atomic E-state index is 0.267. The van der Waals surface area contributed by atoms with E-state index in [4.69, 9.17) is 4.98 Å². The van der Waals surface area contributed by atoms with Crippen LogP contribution >= 0.6 is 0 Å². The van der Waals surface area contributed by atoms with Gasteiger partial charge in [-0.05, 0) is 61.3 Å². The molecule has 0 bridgehead atoms. The van der Waals surface area contributed by atoms with E-state index in [9.17, 15) is 4.39 Å². The van der Waals surface area contributed by atoms with Crippen molar-refractivity contribution in [3.8, 4) is 22.6 Å². The number of H-pyrrole nitrogens is 2. The fraction of sp³-hybridized carbons (Fsp3) is 0.219. The van der Waals surface area contributed by atoms with Gasteiger partial charge in [-0.15, -0.1) is 0 Å². The molecule has 0 atom stereocenters. The predicted molar refractivity (Wildman–Crippen MR) is 156 cm³/mol. The van der Waals surface area contributed by atoms with Gasteiger partial charge in [-0.1, -0.05) is 54.5 Å². The van der Waals surface area contributed by atoms with Crippen LogP contribution in [0.15, 0.2) is 83.5 Å². The number of aromatic amines is 2. The normalized spacial score (nSPS) is 16.4. The first-order chi connectivity index (χ1) is 19.2. The van der Waals surface area contributed by atoms with Crippen LogP contribution in [0.5, 0.6) is 0 Å². The van der Waals surface area contributed by atoms with Gasteiger partial charge in [0.05, 0.1) is 16.6 Å². The third-order valence-corrected chi connectivity index (χ3v) is 7.70. The zero-order valence-electron chi connectivity index (χ0n) is 21.6. The molecule has 7 rings (SSSR count). The van der Waals surface area contributed by atoms with Crippen molar-refractivity contribution in [3.05, 3.63) is 89.9 Å². The summed E-state index contributed by atoms with van der Waals surface area (Å²) in [5.74, 6) is 0.378. The number of halogens is 1. The molecule has 4 heterocycles. The summed E-state index contributed by atoms with van der Waals surface area (Å²) in [6.45, 7) is 3.34. The number of fused-ring (bicyclic) bond motifs is 2. The second-order valence-corrected chi connectivity index (χ2v) is 10.4. The quantitative estimate of drug-likeness (QED) is 0.261. The average Bonchev–Trinajstić information content (AvgIpc) is 3.52. The minimum atomic E-state index is -0.267. The molecule has 2 aliphatic heterocycles. The summed E-state index contributed by atoms with van der Waals surface area (Å²) in [5.41, 5.74) is 8.07. The molecule has 1 saturated heterocycles. The first kappa shape index (κ1) is 23.7. The van der Waals surface area contributed by atoms with Gasteiger partial charge in [0.2, 0.25) is 0 Å². The number of rotatable bonds is 5. The Morgan fingerprint density at radius 3 is 2.67 bits per heavy atom. The van der Waals surface area contributed by atoms with Crippen LogP contribution in [-0.4, -0.2) is 50.9 Å². The molecule has 7 heteroatoms. The molecular formula is C32H29FN6. The number of likely N-dealkylation sites (tertiary alicyclic amines) is 1. The van der Waals surface area contributed by atoms with Crippen molar-refractivity contribution in [1.82, 2.24) is 25.1 Å². The monoisotopic (exact) mass is 516 g/mol. The van der Waals surface area contributed by atoms with E-state index in [1.54, 1.807) is 12.1 Å². The summed E-state index contributed by atoms with van der Waals surface area (Å²) in [6.07, 6.45) is 11.0. The van der Waals surface area contributed by atoms with Crippen molar-refractivity contribution < 1.29 is 4.39 Å². The van der Waals surface area contributed by atoms with Gasteiger partial charge in [-0.25, -0.2) is 9.37 Å². The number of nitrogens with zero attached hydrogens (tertiary/aromatic N) is 4. The number of benzene rings is 3. The Hall–Kier alpha value is -4.36. The Morgan fingerprint density at radius 2 is 1.77 bits per heavy atom. The Bertz CT molecular complexity index is 1770. The number of aliphatic imine (C=N–C) groups is 1. The lowest BCUT2D eigenvalue weighted by atomic mass is 10.00. The number of aromatic nitrogens is 4. The molecule has 39 heavy (non-hydrogen) atoms. The molecule has 2 aromatic heterocycles. The van der Waals surface area contributed by atoms with E-state index < -0.39 is 0 Å². The lowest BCUT2D eigenvalue weighted by molar-refractivity contribution is 0.246. The zero-order chi connectivity index (χ0) is 26.2. The number of nitrogens with one attached hydrogen (secondary N) is 2. The molecule has 6 nitrogen and oxygen atoms in total. The fourth-order valence-corrected chi connectivity index (χ4v) is 5.71. The fourth-order valence-electron chi connectivity index (χ4n) is 5.71. The Morgan fingerprint density at radius 1 is 0.897 bits per heavy atom. The predicted octanol–water partition coefficient (Wildman–Crippen LogP) is 7.14. The highest BCUT2D eigenvalue weighted by atomic mass is 19.1. The number of hydrogen-bond acceptors (Lipinski definition) is 4. The van der Waals surface area contributed by atoms with Crippen LogP contribution in [0.2, 0.25) is 0 Å². The summed E-state index contributed by atoms with van der Waals surface area (Å²) in [7, 11) is 0. The maximum Gasteiger partial charge on any atom is 0.159 e. The Labute approximate surface area is 226 Å². The van der Waals surface area contributed by atoms with Gasteiger partial charge in [-0.2, -0.15) is 5.10 Å². The molecule has 1 fully saturated rings. The first-order valence-electron chi connectivity index (χ1n) is 13.6. The van der Waals surface area contributed by atoms with E-state index in [2.05, 4.69) is 49.3 Å². The Balaban J connectivity index is 1.26. The largest absolute Gasteiger partial charge is 0.337 e. The van der Waals surface area contributed by atoms with E-state index in [-0.39, 0.29) is 5.82 Å². The highest BCUT2D eigenvalue weighted by Crippen LogP contribution is 2.34. The molecule has 2 N–H and O–H groups in total. The van der Waals surface area contributed by atoms with Gasteiger partial charge in [-0.3, -0.25) is 15.0 Å². The summed E-state index contributed by atoms with van der Waals surface area (Å²) in [4.78, 5) is 15.4. The lowest BCUT2D eigenvalue weighted by Gasteiger charge is -2.27. The number of imidazole rings is 1. The smallest absolute Gasteiger partial charge is 0.159 e. The molecule has 194 valence electrons. The lowest BCUT2D eigenvalue weighted by Crippen LogP contribution is -2.31. The summed E-state index contributed by atoms with van der Waals surface area (Å²) < 4.78 is 14.6. The van der Waals surface area contributed by atoms with Crippen molar-refractivity contribution in [3.63, 3.8) is 0 Å². The van der Waals surface area contributed by atoms with Crippen LogP contribution in [0.1, 0.15) is 31.2 Å². The van der Waals surface area contributed by atoms with Crippen LogP contribution < -0.4 is 0 Å². The third-order valence-electron chi connectivity index (χ3n) is 7.70. The molecule has 5 aromatic rings. The SMILES string of the molecule is Fc1ccccc1-c1cccc2[nH]c(-c3n[nH]c4ccc(C5=CN=CCC(CN6CCCCC6)=C5)cc34)nc12. The molecule has 3 aromatic carbocycles. The molecule has 2 aliphatic rings. The topological polar surface area (TPSA) is 73.0 Å². The van der Waals surface area contributed by atoms with E-state index in [1.165, 1.54) is 44.0 Å². The van der Waals surface area contributed by atoms with Crippen LogP contribution in [0.4, 0.5) is 4.39 Å². The second kappa shape index (κ2) is 10.1. The molecule has 0 saturated carbocycles. The van der Waals surface area contributed by atoms with Gasteiger partial charge >= 0.3 is 0 Å². The van der Waals surface area contributed by atoms with Crippen LogP contribution in [0.3, 0.4) is 0 Å². The molecule has 0 radical (unpaired) electrons. The summed E-state index contributed by atoms with van der Waals surface area (Å²) >= 11 is 0. The van der Waals surface area contributed by atoms with Crippen molar-refractivity contribution in [1.29, 1.82) is 0 Å². The number of para-hydroxylation sites is 1. The third kappa shape index (κ3) is 4.59. The first-order valence-corrected chi connectivity index (χ1v) is 13.6. The van der Waals surface area contributed by atoms with E-state index >= 15 is 0 Å². The van der Waals surface area contributed by atoms with Gasteiger partial charge < -0.3 is 4.98 Å². The van der Waals surface area contributed by atoms with Crippen LogP contribution in [0.25, 0.3) is 50.2 Å². The molecule has 0 unspecified atom stereocenters. The maximum atomic E-state index is 14.6. The number of piperidine rings is 1. The Kier molecular flexibility index (Phi) is 6.13. The maximum absolute atomic E-state index is 14.6. The zero-order valence-corrected chi connectivity index (χ0v) is 21.6. The highest BCUT2D eigenvalue weighted by molar-refractivity contribution is 5.98. The highest BCUT2D eigenvalue weighted by Gasteiger charge is 2.18. The molecule has 0 amide bonds. The van der Waals surface area contributed by atoms with Crippen molar-refractivity contribution >= 4 is 33.7 Å². The van der Waals surface area contributed by atoms with Crippen molar-refractivity contribution in [2.75, 3.05) is 19.6 Å². The van der Waals surface area contributed by atoms with E-state index in [0.29, 0.717) is 11.4 Å². The van der Waals surface area contributed by atoms with Gasteiger partial charge in [0, 0.05) is 41.9 Å². The van der Waals surface area contributed by atoms with Crippen LogP contribution in [0, 0.1) is 5.82 Å². The second-order valence-electron chi connectivity index (χ2n) is 10.4. The summed E-state index contributed by atoms with van der Waals surface area (Å²) in [6, 6.07) is 18.9. The number of hydrogen-bond donors (Lipinski definition) is 2. The van der Waals surface area contributed by atoms with Gasteiger partial charge in [0.25, 0.3) is 0 Å².